The standard InChI is InChI=1S/C23H20N4O2S/c1-29-20-11-9-17(10-12-20)14-22(28)25-24-15-18-16-27(19-6-3-2-4-7-19)26-23(18)21-8-5-13-30-21/h2-13,15-16H,14H2,1H3,(H,25,28)/b24-15-. The van der Waals surface area contributed by atoms with Crippen LogP contribution in [0.2, 0.25) is 0 Å². The Hall–Kier alpha value is -3.71. The summed E-state index contributed by atoms with van der Waals surface area (Å²) in [5, 5.41) is 10.9. The zero-order valence-electron chi connectivity index (χ0n) is 16.4. The molecule has 4 aromatic rings. The van der Waals surface area contributed by atoms with E-state index in [9.17, 15) is 4.79 Å². The van der Waals surface area contributed by atoms with Gasteiger partial charge in [-0.05, 0) is 41.3 Å². The number of thiophene rings is 1. The Balaban J connectivity index is 1.49. The van der Waals surface area contributed by atoms with Crippen molar-refractivity contribution in [3.05, 3.63) is 89.4 Å². The van der Waals surface area contributed by atoms with Crippen LogP contribution in [0.15, 0.2) is 83.4 Å². The molecule has 0 unspecified atom stereocenters. The van der Waals surface area contributed by atoms with Crippen LogP contribution in [0.1, 0.15) is 11.1 Å². The van der Waals surface area contributed by atoms with Crippen LogP contribution in [0.25, 0.3) is 16.3 Å². The van der Waals surface area contributed by atoms with Gasteiger partial charge in [-0.2, -0.15) is 10.2 Å². The summed E-state index contributed by atoms with van der Waals surface area (Å²) in [6, 6.07) is 21.3. The highest BCUT2D eigenvalue weighted by molar-refractivity contribution is 7.13. The molecule has 0 bridgehead atoms. The van der Waals surface area contributed by atoms with E-state index < -0.39 is 0 Å². The predicted molar refractivity (Wildman–Crippen MR) is 119 cm³/mol. The van der Waals surface area contributed by atoms with Crippen molar-refractivity contribution in [2.75, 3.05) is 7.11 Å². The van der Waals surface area contributed by atoms with Crippen molar-refractivity contribution in [3.63, 3.8) is 0 Å². The van der Waals surface area contributed by atoms with E-state index >= 15 is 0 Å². The third kappa shape index (κ3) is 4.64. The second kappa shape index (κ2) is 9.19. The van der Waals surface area contributed by atoms with Crippen LogP contribution in [0.5, 0.6) is 5.75 Å². The molecule has 1 N–H and O–H groups in total. The molecule has 0 spiro atoms. The smallest absolute Gasteiger partial charge is 0.244 e. The average molecular weight is 417 g/mol. The van der Waals surface area contributed by atoms with Crippen LogP contribution in [0.3, 0.4) is 0 Å². The third-order valence-electron chi connectivity index (χ3n) is 4.43. The molecule has 0 aliphatic rings. The van der Waals surface area contributed by atoms with Crippen LogP contribution in [0.4, 0.5) is 0 Å². The highest BCUT2D eigenvalue weighted by atomic mass is 32.1. The average Bonchev–Trinajstić information content (AvgIpc) is 3.45. The molecule has 0 radical (unpaired) electrons. The number of carbonyl (C=O) groups is 1. The summed E-state index contributed by atoms with van der Waals surface area (Å²) in [5.41, 5.74) is 6.09. The first-order valence-electron chi connectivity index (χ1n) is 9.37. The van der Waals surface area contributed by atoms with Gasteiger partial charge in [0.15, 0.2) is 0 Å². The number of carbonyl (C=O) groups excluding carboxylic acids is 1. The number of nitrogens with one attached hydrogen (secondary N) is 1. The number of hydrogen-bond acceptors (Lipinski definition) is 5. The molecule has 0 saturated heterocycles. The van der Waals surface area contributed by atoms with Crippen molar-refractivity contribution in [2.24, 2.45) is 5.10 Å². The zero-order valence-corrected chi connectivity index (χ0v) is 17.2. The van der Waals surface area contributed by atoms with E-state index in [0.717, 1.165) is 33.1 Å². The van der Waals surface area contributed by atoms with Crippen LogP contribution < -0.4 is 10.2 Å². The minimum atomic E-state index is -0.190. The molecule has 2 aromatic carbocycles. The molecule has 0 aliphatic carbocycles. The number of methoxy groups -OCH3 is 1. The lowest BCUT2D eigenvalue weighted by Crippen LogP contribution is -2.19. The summed E-state index contributed by atoms with van der Waals surface area (Å²) in [4.78, 5) is 13.3. The van der Waals surface area contributed by atoms with Gasteiger partial charge < -0.3 is 4.74 Å². The third-order valence-corrected chi connectivity index (χ3v) is 5.31. The van der Waals surface area contributed by atoms with Gasteiger partial charge in [0.2, 0.25) is 5.91 Å². The molecule has 0 saturated carbocycles. The molecule has 7 heteroatoms. The number of ether oxygens (including phenoxy) is 1. The molecule has 6 nitrogen and oxygen atoms in total. The fraction of sp³-hybridized carbons (Fsp3) is 0.0870. The van der Waals surface area contributed by atoms with Gasteiger partial charge in [-0.1, -0.05) is 36.4 Å². The first-order chi connectivity index (χ1) is 14.7. The Morgan fingerprint density at radius 3 is 2.63 bits per heavy atom. The molecule has 150 valence electrons. The maximum Gasteiger partial charge on any atom is 0.244 e. The van der Waals surface area contributed by atoms with Crippen LogP contribution in [0, 0.1) is 0 Å². The summed E-state index contributed by atoms with van der Waals surface area (Å²) < 4.78 is 6.95. The van der Waals surface area contributed by atoms with Gasteiger partial charge in [0.1, 0.15) is 11.4 Å². The molecular formula is C23H20N4O2S. The molecule has 30 heavy (non-hydrogen) atoms. The van der Waals surface area contributed by atoms with Crippen LogP contribution in [-0.2, 0) is 11.2 Å². The predicted octanol–water partition coefficient (Wildman–Crippen LogP) is 4.30. The fourth-order valence-corrected chi connectivity index (χ4v) is 3.67. The van der Waals surface area contributed by atoms with Crippen molar-refractivity contribution in [3.8, 4) is 22.0 Å². The summed E-state index contributed by atoms with van der Waals surface area (Å²) in [5.74, 6) is 0.568. The minimum Gasteiger partial charge on any atom is -0.497 e. The van der Waals surface area contributed by atoms with Crippen molar-refractivity contribution in [1.82, 2.24) is 15.2 Å². The number of aromatic nitrogens is 2. The maximum absolute atomic E-state index is 12.2. The Kier molecular flexibility index (Phi) is 6.01. The normalized spacial score (nSPS) is 11.0. The lowest BCUT2D eigenvalue weighted by Gasteiger charge is -2.02. The molecule has 2 aromatic heterocycles. The molecule has 4 rings (SSSR count). The number of para-hydroxylation sites is 1. The van der Waals surface area contributed by atoms with Crippen molar-refractivity contribution >= 4 is 23.5 Å². The van der Waals surface area contributed by atoms with E-state index in [1.807, 2.05) is 83.0 Å². The van der Waals surface area contributed by atoms with Gasteiger partial charge in [0.05, 0.1) is 30.3 Å². The highest BCUT2D eigenvalue weighted by Gasteiger charge is 2.12. The van der Waals surface area contributed by atoms with Gasteiger partial charge in [0.25, 0.3) is 0 Å². The first kappa shape index (κ1) is 19.6. The molecule has 0 atom stereocenters. The van der Waals surface area contributed by atoms with Gasteiger partial charge in [0, 0.05) is 11.8 Å². The topological polar surface area (TPSA) is 68.5 Å². The van der Waals surface area contributed by atoms with E-state index in [1.165, 1.54) is 0 Å². The number of benzene rings is 2. The van der Waals surface area contributed by atoms with Crippen LogP contribution in [-0.4, -0.2) is 29.0 Å². The van der Waals surface area contributed by atoms with Crippen molar-refractivity contribution < 1.29 is 9.53 Å². The SMILES string of the molecule is COc1ccc(CC(=O)N/N=C\c2cn(-c3ccccc3)nc2-c2cccs2)cc1. The summed E-state index contributed by atoms with van der Waals surface area (Å²) in [6.45, 7) is 0. The lowest BCUT2D eigenvalue weighted by molar-refractivity contribution is -0.120. The molecular weight excluding hydrogens is 396 g/mol. The van der Waals surface area contributed by atoms with Gasteiger partial charge in [-0.25, -0.2) is 10.1 Å². The van der Waals surface area contributed by atoms with Crippen molar-refractivity contribution in [1.29, 1.82) is 0 Å². The Labute approximate surface area is 178 Å². The summed E-state index contributed by atoms with van der Waals surface area (Å²) in [6.07, 6.45) is 3.78. The number of rotatable bonds is 7. The second-order valence-electron chi connectivity index (χ2n) is 6.51. The number of hydrogen-bond donors (Lipinski definition) is 1. The van der Waals surface area contributed by atoms with E-state index in [0.29, 0.717) is 0 Å². The quantitative estimate of drug-likeness (QED) is 0.361. The Bertz CT molecular complexity index is 1130. The van der Waals surface area contributed by atoms with Crippen LogP contribution >= 0.6 is 11.3 Å². The molecule has 2 heterocycles. The number of amides is 1. The molecule has 0 aliphatic heterocycles. The van der Waals surface area contributed by atoms with E-state index in [1.54, 1.807) is 24.7 Å². The summed E-state index contributed by atoms with van der Waals surface area (Å²) in [7, 11) is 1.61. The highest BCUT2D eigenvalue weighted by Crippen LogP contribution is 2.26. The van der Waals surface area contributed by atoms with E-state index in [2.05, 4.69) is 10.5 Å². The number of hydrazone groups is 1. The van der Waals surface area contributed by atoms with Crippen molar-refractivity contribution in [2.45, 2.75) is 6.42 Å². The van der Waals surface area contributed by atoms with E-state index in [4.69, 9.17) is 9.84 Å². The lowest BCUT2D eigenvalue weighted by atomic mass is 10.1. The molecule has 1 amide bonds. The van der Waals surface area contributed by atoms with Gasteiger partial charge >= 0.3 is 0 Å². The zero-order chi connectivity index (χ0) is 20.8. The van der Waals surface area contributed by atoms with Gasteiger partial charge in [-0.3, -0.25) is 4.79 Å². The first-order valence-corrected chi connectivity index (χ1v) is 10.2. The Morgan fingerprint density at radius 1 is 1.13 bits per heavy atom. The maximum atomic E-state index is 12.2. The molecule has 0 fully saturated rings. The second-order valence-corrected chi connectivity index (χ2v) is 7.46. The monoisotopic (exact) mass is 416 g/mol. The summed E-state index contributed by atoms with van der Waals surface area (Å²) >= 11 is 1.61. The Morgan fingerprint density at radius 2 is 1.93 bits per heavy atom. The minimum absolute atomic E-state index is 0.190. The van der Waals surface area contributed by atoms with Gasteiger partial charge in [-0.15, -0.1) is 11.3 Å². The largest absolute Gasteiger partial charge is 0.497 e. The number of nitrogens with zero attached hydrogens (tertiary/aromatic N) is 3. The fourth-order valence-electron chi connectivity index (χ4n) is 2.94. The van der Waals surface area contributed by atoms with E-state index in [-0.39, 0.29) is 12.3 Å².